The molecule has 2 saturated heterocycles. The van der Waals surface area contributed by atoms with Gasteiger partial charge in [-0.2, -0.15) is 0 Å². The summed E-state index contributed by atoms with van der Waals surface area (Å²) in [6.07, 6.45) is 8.06. The molecule has 0 saturated carbocycles. The van der Waals surface area contributed by atoms with E-state index in [1.807, 2.05) is 41.6 Å². The largest absolute Gasteiger partial charge is 0.336 e. The predicted molar refractivity (Wildman–Crippen MR) is 140 cm³/mol. The molecule has 184 valence electrons. The van der Waals surface area contributed by atoms with Crippen LogP contribution in [0.4, 0.5) is 9.18 Å². The number of carbonyl (C=O) groups excluding carboxylic acids is 1. The molecular formula is C29H30FN5O. The predicted octanol–water partition coefficient (Wildman–Crippen LogP) is 5.04. The molecule has 36 heavy (non-hydrogen) atoms. The topological polar surface area (TPSA) is 53.4 Å². The molecule has 2 fully saturated rings. The van der Waals surface area contributed by atoms with E-state index in [1.54, 1.807) is 0 Å². The highest BCUT2D eigenvalue weighted by molar-refractivity contribution is 5.90. The number of hydrogen-bond donors (Lipinski definition) is 1. The van der Waals surface area contributed by atoms with Crippen LogP contribution in [0.2, 0.25) is 0 Å². The van der Waals surface area contributed by atoms with Crippen molar-refractivity contribution in [3.8, 4) is 16.8 Å². The van der Waals surface area contributed by atoms with Gasteiger partial charge in [0.2, 0.25) is 0 Å². The van der Waals surface area contributed by atoms with Crippen LogP contribution in [-0.2, 0) is 0 Å². The number of fused-ring (bicyclic) bond motifs is 1. The van der Waals surface area contributed by atoms with Gasteiger partial charge in [0.25, 0.3) is 0 Å². The zero-order valence-corrected chi connectivity index (χ0v) is 20.2. The molecule has 2 amide bonds. The number of likely N-dealkylation sites (tertiary alicyclic amines) is 1. The van der Waals surface area contributed by atoms with E-state index in [2.05, 4.69) is 44.2 Å². The van der Waals surface area contributed by atoms with Gasteiger partial charge in [-0.25, -0.2) is 9.18 Å². The summed E-state index contributed by atoms with van der Waals surface area (Å²) in [4.78, 5) is 20.4. The van der Waals surface area contributed by atoms with E-state index < -0.39 is 0 Å². The Labute approximate surface area is 210 Å². The van der Waals surface area contributed by atoms with Crippen molar-refractivity contribution in [3.05, 3.63) is 84.6 Å². The van der Waals surface area contributed by atoms with E-state index in [0.29, 0.717) is 5.92 Å². The summed E-state index contributed by atoms with van der Waals surface area (Å²) < 4.78 is 15.8. The average molecular weight is 484 g/mol. The second kappa shape index (κ2) is 9.74. The zero-order chi connectivity index (χ0) is 24.5. The molecule has 1 N–H and O–H groups in total. The fraction of sp³-hybridized carbons (Fsp3) is 0.310. The number of piperidine rings is 1. The fourth-order valence-corrected chi connectivity index (χ4v) is 5.57. The smallest absolute Gasteiger partial charge is 0.317 e. The first kappa shape index (κ1) is 22.7. The Morgan fingerprint density at radius 3 is 2.42 bits per heavy atom. The van der Waals surface area contributed by atoms with Crippen molar-refractivity contribution in [1.29, 1.82) is 0 Å². The number of halogens is 1. The first-order chi connectivity index (χ1) is 17.7. The van der Waals surface area contributed by atoms with Crippen LogP contribution in [-0.4, -0.2) is 64.7 Å². The van der Waals surface area contributed by atoms with Crippen LogP contribution >= 0.6 is 0 Å². The fourth-order valence-electron chi connectivity index (χ4n) is 5.57. The van der Waals surface area contributed by atoms with Crippen molar-refractivity contribution in [2.75, 3.05) is 39.3 Å². The maximum absolute atomic E-state index is 13.6. The first-order valence-electron chi connectivity index (χ1n) is 12.7. The molecule has 2 aromatic heterocycles. The Kier molecular flexibility index (Phi) is 6.15. The highest BCUT2D eigenvalue weighted by Crippen LogP contribution is 2.37. The summed E-state index contributed by atoms with van der Waals surface area (Å²) in [6, 6.07) is 17.5. The van der Waals surface area contributed by atoms with Gasteiger partial charge in [-0.1, -0.05) is 6.07 Å². The molecule has 6 rings (SSSR count). The molecule has 0 bridgehead atoms. The Bertz CT molecular complexity index is 1360. The normalized spacial score (nSPS) is 17.1. The second-order valence-electron chi connectivity index (χ2n) is 9.73. The van der Waals surface area contributed by atoms with E-state index in [0.717, 1.165) is 68.9 Å². The Hall–Kier alpha value is -3.71. The molecule has 4 heterocycles. The summed E-state index contributed by atoms with van der Waals surface area (Å²) in [5.74, 6) is 0.224. The SMILES string of the molecule is O=C1NCCN1CCN1CCC(c2cn(-c3ccc(F)cc3)c3ccc(-c4ccncc4)cc23)CC1. The lowest BCUT2D eigenvalue weighted by Gasteiger charge is -2.32. The number of benzene rings is 2. The van der Waals surface area contributed by atoms with E-state index in [4.69, 9.17) is 0 Å². The minimum absolute atomic E-state index is 0.0588. The summed E-state index contributed by atoms with van der Waals surface area (Å²) in [6.45, 7) is 5.30. The van der Waals surface area contributed by atoms with Crippen LogP contribution in [0.25, 0.3) is 27.7 Å². The number of hydrogen-bond acceptors (Lipinski definition) is 3. The van der Waals surface area contributed by atoms with Crippen molar-refractivity contribution in [2.24, 2.45) is 0 Å². The minimum atomic E-state index is -0.228. The van der Waals surface area contributed by atoms with Crippen LogP contribution in [0.3, 0.4) is 0 Å². The van der Waals surface area contributed by atoms with Crippen molar-refractivity contribution in [2.45, 2.75) is 18.8 Å². The van der Waals surface area contributed by atoms with Crippen molar-refractivity contribution in [1.82, 2.24) is 24.7 Å². The van der Waals surface area contributed by atoms with Crippen molar-refractivity contribution in [3.63, 3.8) is 0 Å². The van der Waals surface area contributed by atoms with Gasteiger partial charge in [0.15, 0.2) is 0 Å². The van der Waals surface area contributed by atoms with E-state index in [-0.39, 0.29) is 11.8 Å². The molecule has 0 radical (unpaired) electrons. The standard InChI is InChI=1S/C29H30FN5O/c30-24-2-4-25(5-3-24)35-20-27(26-19-23(1-6-28(26)35)21-7-11-31-12-8-21)22-9-14-33(15-10-22)17-18-34-16-13-32-29(34)36/h1-8,11-12,19-20,22H,9-10,13-18H2,(H,32,36). The minimum Gasteiger partial charge on any atom is -0.336 e. The van der Waals surface area contributed by atoms with Gasteiger partial charge in [-0.15, -0.1) is 0 Å². The molecule has 2 aromatic carbocycles. The third kappa shape index (κ3) is 4.46. The maximum atomic E-state index is 13.6. The van der Waals surface area contributed by atoms with E-state index >= 15 is 0 Å². The highest BCUT2D eigenvalue weighted by atomic mass is 19.1. The lowest BCUT2D eigenvalue weighted by molar-refractivity contribution is 0.181. The van der Waals surface area contributed by atoms with Crippen LogP contribution in [0, 0.1) is 5.82 Å². The van der Waals surface area contributed by atoms with Crippen LogP contribution in [0.5, 0.6) is 0 Å². The third-order valence-electron chi connectivity index (χ3n) is 7.61. The summed E-state index contributed by atoms with van der Waals surface area (Å²) in [5, 5.41) is 4.13. The molecular weight excluding hydrogens is 453 g/mol. The monoisotopic (exact) mass is 483 g/mol. The van der Waals surface area contributed by atoms with Gasteiger partial charge in [0.05, 0.1) is 5.52 Å². The molecule has 2 aliphatic rings. The molecule has 2 aliphatic heterocycles. The molecule has 0 atom stereocenters. The van der Waals surface area contributed by atoms with E-state index in [1.165, 1.54) is 28.6 Å². The number of nitrogens with one attached hydrogen (secondary N) is 1. The van der Waals surface area contributed by atoms with Gasteiger partial charge >= 0.3 is 6.03 Å². The van der Waals surface area contributed by atoms with Gasteiger partial charge < -0.3 is 19.7 Å². The zero-order valence-electron chi connectivity index (χ0n) is 20.2. The average Bonchev–Trinajstić information content (AvgIpc) is 3.51. The Balaban J connectivity index is 1.28. The van der Waals surface area contributed by atoms with Gasteiger partial charge in [0, 0.05) is 55.8 Å². The molecule has 0 spiro atoms. The number of amides is 2. The Morgan fingerprint density at radius 2 is 1.69 bits per heavy atom. The first-order valence-corrected chi connectivity index (χ1v) is 12.7. The van der Waals surface area contributed by atoms with Crippen molar-refractivity contribution < 1.29 is 9.18 Å². The molecule has 6 nitrogen and oxygen atoms in total. The van der Waals surface area contributed by atoms with Crippen molar-refractivity contribution >= 4 is 16.9 Å². The number of carbonyl (C=O) groups is 1. The quantitative estimate of drug-likeness (QED) is 0.418. The Morgan fingerprint density at radius 1 is 0.917 bits per heavy atom. The number of urea groups is 1. The number of rotatable bonds is 6. The molecule has 7 heteroatoms. The summed E-state index contributed by atoms with van der Waals surface area (Å²) in [5.41, 5.74) is 5.77. The lowest BCUT2D eigenvalue weighted by Crippen LogP contribution is -2.40. The van der Waals surface area contributed by atoms with Crippen LogP contribution in [0.15, 0.2) is 73.2 Å². The lowest BCUT2D eigenvalue weighted by atomic mass is 9.88. The van der Waals surface area contributed by atoms with E-state index in [9.17, 15) is 9.18 Å². The highest BCUT2D eigenvalue weighted by Gasteiger charge is 2.26. The summed E-state index contributed by atoms with van der Waals surface area (Å²) >= 11 is 0. The maximum Gasteiger partial charge on any atom is 0.317 e. The third-order valence-corrected chi connectivity index (χ3v) is 7.61. The van der Waals surface area contributed by atoms with Gasteiger partial charge in [-0.3, -0.25) is 4.98 Å². The number of nitrogens with zero attached hydrogens (tertiary/aromatic N) is 4. The van der Waals surface area contributed by atoms with Gasteiger partial charge in [0.1, 0.15) is 5.82 Å². The van der Waals surface area contributed by atoms with Crippen LogP contribution in [0.1, 0.15) is 24.3 Å². The van der Waals surface area contributed by atoms with Gasteiger partial charge in [-0.05, 0) is 97.1 Å². The number of aromatic nitrogens is 2. The molecule has 4 aromatic rings. The number of pyridine rings is 1. The molecule has 0 aliphatic carbocycles. The second-order valence-corrected chi connectivity index (χ2v) is 9.73. The van der Waals surface area contributed by atoms with Crippen LogP contribution < -0.4 is 5.32 Å². The summed E-state index contributed by atoms with van der Waals surface area (Å²) in [7, 11) is 0. The molecule has 0 unspecified atom stereocenters.